The highest BCUT2D eigenvalue weighted by Crippen LogP contribution is 2.39. The van der Waals surface area contributed by atoms with Crippen LogP contribution in [-0.2, 0) is 6.54 Å². The van der Waals surface area contributed by atoms with E-state index in [1.54, 1.807) is 30.3 Å². The third kappa shape index (κ3) is 3.78. The summed E-state index contributed by atoms with van der Waals surface area (Å²) in [7, 11) is 0. The van der Waals surface area contributed by atoms with Gasteiger partial charge in [0.15, 0.2) is 24.6 Å². The van der Waals surface area contributed by atoms with Gasteiger partial charge in [-0.25, -0.2) is 0 Å². The lowest BCUT2D eigenvalue weighted by molar-refractivity contribution is -0.899. The molecule has 3 rings (SSSR count). The number of carbonyl (C=O) groups is 1. The number of nitriles is 2. The summed E-state index contributed by atoms with van der Waals surface area (Å²) < 4.78 is 5.76. The molecule has 0 saturated heterocycles. The van der Waals surface area contributed by atoms with E-state index in [2.05, 4.69) is 0 Å². The van der Waals surface area contributed by atoms with Crippen molar-refractivity contribution in [3.8, 4) is 23.6 Å². The minimum atomic E-state index is -0.312. The normalized spacial score (nSPS) is 13.9. The Balaban J connectivity index is 1.98. The third-order valence-corrected chi connectivity index (χ3v) is 4.54. The third-order valence-electron chi connectivity index (χ3n) is 4.19. The van der Waals surface area contributed by atoms with E-state index < -0.39 is 0 Å². The first kappa shape index (κ1) is 18.5. The molecule has 0 unspecified atom stereocenters. The molecule has 1 aliphatic rings. The number of ether oxygens (including phenoxy) is 1. The highest BCUT2D eigenvalue weighted by Gasteiger charge is 2.32. The van der Waals surface area contributed by atoms with Crippen molar-refractivity contribution >= 4 is 23.5 Å². The van der Waals surface area contributed by atoms with Gasteiger partial charge < -0.3 is 14.7 Å². The van der Waals surface area contributed by atoms with E-state index in [0.717, 1.165) is 0 Å². The van der Waals surface area contributed by atoms with Crippen LogP contribution in [-0.4, -0.2) is 24.0 Å². The summed E-state index contributed by atoms with van der Waals surface area (Å²) >= 11 is 6.14. The molecule has 0 atom stereocenters. The van der Waals surface area contributed by atoms with E-state index in [1.165, 1.54) is 12.1 Å². The molecule has 0 radical (unpaired) electrons. The monoisotopic (exact) mass is 380 g/mol. The largest absolute Gasteiger partial charge is 0.507 e. The van der Waals surface area contributed by atoms with Crippen LogP contribution in [0.4, 0.5) is 0 Å². The zero-order valence-corrected chi connectivity index (χ0v) is 15.0. The Hall–Kier alpha value is -3.32. The molecule has 134 valence electrons. The standard InChI is InChI=1S/C20H14ClN3O3/c21-16-4-2-1-3-13(16)11-18-19(26)14-5-6-17(25)15(20(14)27-18)12-24(9-7-22)10-8-23/h1-6,11,25H,9-10,12H2/p+1/b18-11-. The van der Waals surface area contributed by atoms with E-state index in [9.17, 15) is 9.90 Å². The first-order valence-electron chi connectivity index (χ1n) is 8.16. The van der Waals surface area contributed by atoms with Gasteiger partial charge >= 0.3 is 0 Å². The molecule has 7 heteroatoms. The fourth-order valence-electron chi connectivity index (χ4n) is 2.86. The van der Waals surface area contributed by atoms with E-state index in [-0.39, 0.29) is 42.7 Å². The fourth-order valence-corrected chi connectivity index (χ4v) is 3.05. The van der Waals surface area contributed by atoms with Crippen molar-refractivity contribution in [1.29, 1.82) is 10.5 Å². The number of quaternary nitrogens is 1. The lowest BCUT2D eigenvalue weighted by Crippen LogP contribution is -3.10. The van der Waals surface area contributed by atoms with Crippen LogP contribution in [0.3, 0.4) is 0 Å². The minimum absolute atomic E-state index is 0.0473. The average molecular weight is 381 g/mol. The maximum Gasteiger partial charge on any atom is 0.231 e. The van der Waals surface area contributed by atoms with Gasteiger partial charge in [0.1, 0.15) is 24.4 Å². The average Bonchev–Trinajstić information content (AvgIpc) is 2.96. The molecule has 27 heavy (non-hydrogen) atoms. The number of Topliss-reactive ketones (excluding diaryl/α,β-unsaturated/α-hetero) is 1. The molecule has 2 aromatic rings. The van der Waals surface area contributed by atoms with Crippen LogP contribution in [0.1, 0.15) is 21.5 Å². The number of hydrogen-bond acceptors (Lipinski definition) is 5. The van der Waals surface area contributed by atoms with Gasteiger partial charge in [0, 0.05) is 5.02 Å². The molecule has 0 saturated carbocycles. The van der Waals surface area contributed by atoms with E-state index >= 15 is 0 Å². The summed E-state index contributed by atoms with van der Waals surface area (Å²) in [4.78, 5) is 13.3. The van der Waals surface area contributed by atoms with Gasteiger partial charge in [0.05, 0.1) is 11.1 Å². The van der Waals surface area contributed by atoms with Crippen LogP contribution in [0.15, 0.2) is 42.2 Å². The summed E-state index contributed by atoms with van der Waals surface area (Å²) in [6.45, 7) is 0.364. The van der Waals surface area contributed by atoms with Crippen molar-refractivity contribution in [3.05, 3.63) is 63.9 Å². The van der Waals surface area contributed by atoms with Gasteiger partial charge in [-0.15, -0.1) is 0 Å². The van der Waals surface area contributed by atoms with Crippen LogP contribution >= 0.6 is 11.6 Å². The number of ketones is 1. The molecule has 6 nitrogen and oxygen atoms in total. The maximum atomic E-state index is 12.7. The molecule has 1 heterocycles. The van der Waals surface area contributed by atoms with Gasteiger partial charge in [-0.05, 0) is 29.8 Å². The Morgan fingerprint density at radius 3 is 2.52 bits per heavy atom. The van der Waals surface area contributed by atoms with Crippen molar-refractivity contribution in [2.75, 3.05) is 13.1 Å². The lowest BCUT2D eigenvalue weighted by Gasteiger charge is -2.15. The second-order valence-electron chi connectivity index (χ2n) is 6.00. The quantitative estimate of drug-likeness (QED) is 0.611. The Morgan fingerprint density at radius 1 is 1.15 bits per heavy atom. The molecule has 0 fully saturated rings. The van der Waals surface area contributed by atoms with E-state index in [1.807, 2.05) is 12.1 Å². The van der Waals surface area contributed by atoms with Crippen LogP contribution in [0.25, 0.3) is 6.08 Å². The van der Waals surface area contributed by atoms with E-state index in [0.29, 0.717) is 26.6 Å². The van der Waals surface area contributed by atoms with E-state index in [4.69, 9.17) is 26.9 Å². The zero-order chi connectivity index (χ0) is 19.4. The number of aromatic hydroxyl groups is 1. The minimum Gasteiger partial charge on any atom is -0.507 e. The number of halogens is 1. The molecule has 0 spiro atoms. The topological polar surface area (TPSA) is 98.6 Å². The highest BCUT2D eigenvalue weighted by atomic mass is 35.5. The number of allylic oxidation sites excluding steroid dienone is 1. The fraction of sp³-hybridized carbons (Fsp3) is 0.150. The number of fused-ring (bicyclic) bond motifs is 1. The summed E-state index contributed by atoms with van der Waals surface area (Å²) in [5.41, 5.74) is 1.36. The summed E-state index contributed by atoms with van der Waals surface area (Å²) in [6.07, 6.45) is 1.56. The number of benzene rings is 2. The molecular weight excluding hydrogens is 366 g/mol. The number of nitrogens with zero attached hydrogens (tertiary/aromatic N) is 2. The Morgan fingerprint density at radius 2 is 1.85 bits per heavy atom. The lowest BCUT2D eigenvalue weighted by atomic mass is 10.0. The van der Waals surface area contributed by atoms with Crippen molar-refractivity contribution < 1.29 is 19.5 Å². The smallest absolute Gasteiger partial charge is 0.231 e. The van der Waals surface area contributed by atoms with Gasteiger partial charge in [0.25, 0.3) is 0 Å². The molecule has 0 aliphatic carbocycles. The number of rotatable bonds is 5. The number of carbonyl (C=O) groups excluding carboxylic acids is 1. The maximum absolute atomic E-state index is 12.7. The Labute approximate surface area is 161 Å². The second kappa shape index (κ2) is 7.92. The number of nitrogens with one attached hydrogen (secondary N) is 1. The van der Waals surface area contributed by atoms with Gasteiger partial charge in [-0.3, -0.25) is 4.79 Å². The first-order chi connectivity index (χ1) is 13.0. The number of hydrogen-bond donors (Lipinski definition) is 2. The zero-order valence-electron chi connectivity index (χ0n) is 14.2. The predicted molar refractivity (Wildman–Crippen MR) is 98.1 cm³/mol. The van der Waals surface area contributed by atoms with Gasteiger partial charge in [0.2, 0.25) is 5.78 Å². The summed E-state index contributed by atoms with van der Waals surface area (Å²) in [6, 6.07) is 14.0. The van der Waals surface area contributed by atoms with Crippen LogP contribution < -0.4 is 9.64 Å². The summed E-state index contributed by atoms with van der Waals surface area (Å²) in [5.74, 6) is 0.000888. The van der Waals surface area contributed by atoms with Gasteiger partial charge in [-0.2, -0.15) is 10.5 Å². The highest BCUT2D eigenvalue weighted by molar-refractivity contribution is 6.32. The van der Waals surface area contributed by atoms with Crippen LogP contribution in [0.5, 0.6) is 11.5 Å². The van der Waals surface area contributed by atoms with Crippen molar-refractivity contribution in [3.63, 3.8) is 0 Å². The number of phenolic OH excluding ortho intramolecular Hbond substituents is 1. The Bertz CT molecular complexity index is 1000. The van der Waals surface area contributed by atoms with Crippen molar-refractivity contribution in [2.45, 2.75) is 6.54 Å². The van der Waals surface area contributed by atoms with Crippen molar-refractivity contribution in [2.24, 2.45) is 0 Å². The number of phenols is 1. The summed E-state index contributed by atoms with van der Waals surface area (Å²) in [5, 5.41) is 28.6. The molecule has 0 aromatic heterocycles. The molecule has 2 N–H and O–H groups in total. The Kier molecular flexibility index (Phi) is 5.42. The first-order valence-corrected chi connectivity index (χ1v) is 8.54. The molecule has 0 amide bonds. The predicted octanol–water partition coefficient (Wildman–Crippen LogP) is 2.09. The molecule has 0 bridgehead atoms. The van der Waals surface area contributed by atoms with Crippen LogP contribution in [0, 0.1) is 22.7 Å². The van der Waals surface area contributed by atoms with Crippen LogP contribution in [0.2, 0.25) is 5.02 Å². The molecular formula is C20H15ClN3O3+. The SMILES string of the molecule is N#CC[NH+](CC#N)Cc1c(O)ccc2c1O/C(=C\c1ccccc1Cl)C2=O. The second-order valence-corrected chi connectivity index (χ2v) is 6.40. The van der Waals surface area contributed by atoms with Crippen molar-refractivity contribution in [1.82, 2.24) is 0 Å². The molecule has 1 aliphatic heterocycles. The van der Waals surface area contributed by atoms with Gasteiger partial charge in [-0.1, -0.05) is 29.8 Å². The molecule has 2 aromatic carbocycles.